The number of aromatic amines is 1. The highest BCUT2D eigenvalue weighted by Crippen LogP contribution is 2.42. The Balaban J connectivity index is 1.66. The van der Waals surface area contributed by atoms with Gasteiger partial charge in [-0.05, 0) is 42.3 Å². The van der Waals surface area contributed by atoms with Crippen molar-refractivity contribution in [3.63, 3.8) is 0 Å². The Morgan fingerprint density at radius 3 is 2.41 bits per heavy atom. The molecular formula is C25H18FN3. The standard InChI is InChI=1S/C25H18FN3/c26-18-12-10-17(11-13-18)25-28-22(16-6-2-1-3-7-16)24-23-20(14-15-29(24)25)19-8-4-5-9-21(19)27-23/h1-13,27H,14-15H2. The fourth-order valence-electron chi connectivity index (χ4n) is 4.43. The van der Waals surface area contributed by atoms with E-state index >= 15 is 0 Å². The number of rotatable bonds is 2. The smallest absolute Gasteiger partial charge is 0.141 e. The molecule has 4 heteroatoms. The zero-order valence-corrected chi connectivity index (χ0v) is 15.7. The molecule has 6 rings (SSSR count). The summed E-state index contributed by atoms with van der Waals surface area (Å²) in [5, 5.41) is 1.28. The summed E-state index contributed by atoms with van der Waals surface area (Å²) < 4.78 is 15.8. The summed E-state index contributed by atoms with van der Waals surface area (Å²) >= 11 is 0. The summed E-state index contributed by atoms with van der Waals surface area (Å²) in [5.41, 5.74) is 7.69. The van der Waals surface area contributed by atoms with Crippen molar-refractivity contribution < 1.29 is 4.39 Å². The minimum absolute atomic E-state index is 0.236. The maximum Gasteiger partial charge on any atom is 0.141 e. The third-order valence-electron chi connectivity index (χ3n) is 5.75. The van der Waals surface area contributed by atoms with E-state index in [-0.39, 0.29) is 5.82 Å². The van der Waals surface area contributed by atoms with Crippen LogP contribution in [0.1, 0.15) is 5.56 Å². The highest BCUT2D eigenvalue weighted by molar-refractivity contribution is 5.94. The number of aromatic nitrogens is 3. The number of imidazole rings is 1. The van der Waals surface area contributed by atoms with Gasteiger partial charge in [0.25, 0.3) is 0 Å². The average Bonchev–Trinajstić information content (AvgIpc) is 3.33. The fraction of sp³-hybridized carbons (Fsp3) is 0.0800. The zero-order chi connectivity index (χ0) is 19.4. The van der Waals surface area contributed by atoms with Crippen molar-refractivity contribution in [2.24, 2.45) is 0 Å². The molecule has 0 atom stereocenters. The first kappa shape index (κ1) is 16.3. The molecule has 1 N–H and O–H groups in total. The number of nitrogens with zero attached hydrogens (tertiary/aromatic N) is 2. The van der Waals surface area contributed by atoms with Crippen molar-refractivity contribution in [2.75, 3.05) is 0 Å². The SMILES string of the molecule is Fc1ccc(-c2nc(-c3ccccc3)c3n2CCc2c-3[nH]c3ccccc23)cc1. The molecule has 3 nitrogen and oxygen atoms in total. The molecule has 0 saturated carbocycles. The van der Waals surface area contributed by atoms with Crippen molar-refractivity contribution in [1.29, 1.82) is 0 Å². The van der Waals surface area contributed by atoms with Crippen LogP contribution in [0, 0.1) is 5.82 Å². The number of H-pyrrole nitrogens is 1. The monoisotopic (exact) mass is 379 g/mol. The molecule has 1 aliphatic heterocycles. The van der Waals surface area contributed by atoms with Crippen LogP contribution in [0.15, 0.2) is 78.9 Å². The van der Waals surface area contributed by atoms with Crippen molar-refractivity contribution in [3.8, 4) is 34.0 Å². The molecule has 0 spiro atoms. The van der Waals surface area contributed by atoms with Gasteiger partial charge >= 0.3 is 0 Å². The van der Waals surface area contributed by atoms with E-state index in [0.717, 1.165) is 52.5 Å². The Hall–Kier alpha value is -3.66. The molecule has 0 radical (unpaired) electrons. The van der Waals surface area contributed by atoms with Crippen LogP contribution in [0.4, 0.5) is 4.39 Å². The molecule has 140 valence electrons. The molecule has 0 saturated heterocycles. The molecule has 2 aromatic heterocycles. The largest absolute Gasteiger partial charge is 0.353 e. The molecule has 3 heterocycles. The molecule has 0 amide bonds. The quantitative estimate of drug-likeness (QED) is 0.397. The van der Waals surface area contributed by atoms with Gasteiger partial charge in [-0.1, -0.05) is 48.5 Å². The Bertz CT molecular complexity index is 1340. The second kappa shape index (κ2) is 6.17. The van der Waals surface area contributed by atoms with E-state index < -0.39 is 0 Å². The minimum atomic E-state index is -0.236. The first-order chi connectivity index (χ1) is 14.3. The topological polar surface area (TPSA) is 33.6 Å². The molecular weight excluding hydrogens is 361 g/mol. The molecule has 0 bridgehead atoms. The van der Waals surface area contributed by atoms with Crippen LogP contribution >= 0.6 is 0 Å². The van der Waals surface area contributed by atoms with E-state index in [1.54, 1.807) is 12.1 Å². The van der Waals surface area contributed by atoms with Crippen LogP contribution in [-0.2, 0) is 13.0 Å². The van der Waals surface area contributed by atoms with Crippen LogP contribution in [0.3, 0.4) is 0 Å². The van der Waals surface area contributed by atoms with Gasteiger partial charge in [-0.2, -0.15) is 0 Å². The summed E-state index contributed by atoms with van der Waals surface area (Å²) in [5.74, 6) is 0.642. The van der Waals surface area contributed by atoms with Crippen molar-refractivity contribution >= 4 is 10.9 Å². The number of aryl methyl sites for hydroxylation is 1. The predicted octanol–water partition coefficient (Wildman–Crippen LogP) is 6.06. The van der Waals surface area contributed by atoms with E-state index in [0.29, 0.717) is 0 Å². The van der Waals surface area contributed by atoms with Crippen LogP contribution < -0.4 is 0 Å². The first-order valence-corrected chi connectivity index (χ1v) is 9.81. The molecule has 1 aliphatic rings. The van der Waals surface area contributed by atoms with Gasteiger partial charge in [0.05, 0.1) is 17.1 Å². The Labute approximate surface area is 167 Å². The lowest BCUT2D eigenvalue weighted by molar-refractivity contribution is 0.627. The summed E-state index contributed by atoms with van der Waals surface area (Å²) in [6, 6.07) is 25.3. The van der Waals surface area contributed by atoms with E-state index in [1.165, 1.54) is 23.1 Å². The Morgan fingerprint density at radius 1 is 0.828 bits per heavy atom. The lowest BCUT2D eigenvalue weighted by Crippen LogP contribution is -2.11. The van der Waals surface area contributed by atoms with E-state index in [2.05, 4.69) is 45.9 Å². The van der Waals surface area contributed by atoms with Gasteiger partial charge in [0, 0.05) is 28.6 Å². The van der Waals surface area contributed by atoms with Crippen molar-refractivity contribution in [3.05, 3.63) is 90.2 Å². The minimum Gasteiger partial charge on any atom is -0.353 e. The van der Waals surface area contributed by atoms with E-state index in [9.17, 15) is 4.39 Å². The molecule has 3 aromatic carbocycles. The Kier molecular flexibility index (Phi) is 3.47. The van der Waals surface area contributed by atoms with Crippen LogP contribution in [0.25, 0.3) is 44.9 Å². The zero-order valence-electron chi connectivity index (χ0n) is 15.7. The number of benzene rings is 3. The molecule has 0 fully saturated rings. The number of hydrogen-bond acceptors (Lipinski definition) is 1. The van der Waals surface area contributed by atoms with Gasteiger partial charge in [0.15, 0.2) is 0 Å². The van der Waals surface area contributed by atoms with Gasteiger partial charge < -0.3 is 9.55 Å². The summed E-state index contributed by atoms with van der Waals surface area (Å²) in [6.07, 6.45) is 0.936. The number of nitrogens with one attached hydrogen (secondary N) is 1. The molecule has 5 aromatic rings. The summed E-state index contributed by atoms with van der Waals surface area (Å²) in [7, 11) is 0. The molecule has 29 heavy (non-hydrogen) atoms. The number of para-hydroxylation sites is 1. The number of fused-ring (bicyclic) bond motifs is 5. The van der Waals surface area contributed by atoms with Gasteiger partial charge in [-0.3, -0.25) is 0 Å². The highest BCUT2D eigenvalue weighted by atomic mass is 19.1. The third kappa shape index (κ3) is 2.46. The van der Waals surface area contributed by atoms with Gasteiger partial charge in [-0.15, -0.1) is 0 Å². The van der Waals surface area contributed by atoms with Crippen molar-refractivity contribution in [1.82, 2.24) is 14.5 Å². The predicted molar refractivity (Wildman–Crippen MR) is 114 cm³/mol. The van der Waals surface area contributed by atoms with Crippen LogP contribution in [0.5, 0.6) is 0 Å². The molecule has 0 unspecified atom stereocenters. The fourth-order valence-corrected chi connectivity index (χ4v) is 4.43. The number of halogens is 1. The average molecular weight is 379 g/mol. The van der Waals surface area contributed by atoms with E-state index in [4.69, 9.17) is 4.98 Å². The normalized spacial score (nSPS) is 12.7. The highest BCUT2D eigenvalue weighted by Gasteiger charge is 2.28. The summed E-state index contributed by atoms with van der Waals surface area (Å²) in [6.45, 7) is 0.844. The second-order valence-corrected chi connectivity index (χ2v) is 7.43. The van der Waals surface area contributed by atoms with Gasteiger partial charge in [0.2, 0.25) is 0 Å². The maximum absolute atomic E-state index is 13.5. The third-order valence-corrected chi connectivity index (χ3v) is 5.75. The second-order valence-electron chi connectivity index (χ2n) is 7.43. The summed E-state index contributed by atoms with van der Waals surface area (Å²) in [4.78, 5) is 8.69. The van der Waals surface area contributed by atoms with Gasteiger partial charge in [-0.25, -0.2) is 9.37 Å². The Morgan fingerprint density at radius 2 is 1.59 bits per heavy atom. The number of hydrogen-bond donors (Lipinski definition) is 1. The van der Waals surface area contributed by atoms with Crippen LogP contribution in [-0.4, -0.2) is 14.5 Å². The molecule has 0 aliphatic carbocycles. The van der Waals surface area contributed by atoms with Crippen LogP contribution in [0.2, 0.25) is 0 Å². The van der Waals surface area contributed by atoms with Crippen molar-refractivity contribution in [2.45, 2.75) is 13.0 Å². The lowest BCUT2D eigenvalue weighted by atomic mass is 9.99. The maximum atomic E-state index is 13.5. The first-order valence-electron chi connectivity index (χ1n) is 9.81. The lowest BCUT2D eigenvalue weighted by Gasteiger charge is -2.19. The van der Waals surface area contributed by atoms with Gasteiger partial charge in [0.1, 0.15) is 11.6 Å². The van der Waals surface area contributed by atoms with E-state index in [1.807, 2.05) is 18.2 Å².